The third-order valence-corrected chi connectivity index (χ3v) is 4.17. The van der Waals surface area contributed by atoms with Crippen LogP contribution in [0.4, 0.5) is 17.6 Å². The van der Waals surface area contributed by atoms with Gasteiger partial charge in [-0.15, -0.1) is 0 Å². The van der Waals surface area contributed by atoms with Gasteiger partial charge in [0.1, 0.15) is 5.82 Å². The average Bonchev–Trinajstić information content (AvgIpc) is 2.63. The number of hydrogen-bond acceptors (Lipinski definition) is 1. The summed E-state index contributed by atoms with van der Waals surface area (Å²) in [6, 6.07) is 3.31. The molecule has 112 valence electrons. The first-order chi connectivity index (χ1) is 9.39. The second-order valence-electron chi connectivity index (χ2n) is 5.37. The van der Waals surface area contributed by atoms with Gasteiger partial charge in [-0.25, -0.2) is 4.39 Å². The quantitative estimate of drug-likeness (QED) is 0.784. The zero-order valence-electron chi connectivity index (χ0n) is 11.5. The summed E-state index contributed by atoms with van der Waals surface area (Å²) in [6.07, 6.45) is 0.0667. The van der Waals surface area contributed by atoms with Crippen LogP contribution in [0.25, 0.3) is 0 Å². The van der Waals surface area contributed by atoms with Gasteiger partial charge in [-0.3, -0.25) is 0 Å². The van der Waals surface area contributed by atoms with Crippen LogP contribution in [0.1, 0.15) is 50.2 Å². The Kier molecular flexibility index (Phi) is 4.37. The summed E-state index contributed by atoms with van der Waals surface area (Å²) in [4.78, 5) is 0. The molecule has 1 fully saturated rings. The van der Waals surface area contributed by atoms with E-state index in [1.54, 1.807) is 0 Å². The monoisotopic (exact) mass is 289 g/mol. The fraction of sp³-hybridized carbons (Fsp3) is 0.600. The fourth-order valence-electron chi connectivity index (χ4n) is 2.94. The molecule has 2 rings (SSSR count). The molecule has 0 spiro atoms. The number of halogens is 4. The molecule has 1 aliphatic heterocycles. The first kappa shape index (κ1) is 15.3. The van der Waals surface area contributed by atoms with E-state index in [-0.39, 0.29) is 0 Å². The Balaban J connectivity index is 2.38. The minimum atomic E-state index is -4.64. The summed E-state index contributed by atoms with van der Waals surface area (Å²) in [5, 5.41) is 3.40. The molecule has 1 atom stereocenters. The van der Waals surface area contributed by atoms with E-state index in [2.05, 4.69) is 5.32 Å². The van der Waals surface area contributed by atoms with Crippen molar-refractivity contribution in [3.63, 3.8) is 0 Å². The normalized spacial score (nSPS) is 24.4. The highest BCUT2D eigenvalue weighted by molar-refractivity contribution is 5.31. The Morgan fingerprint density at radius 3 is 2.55 bits per heavy atom. The van der Waals surface area contributed by atoms with Crippen molar-refractivity contribution in [2.45, 2.75) is 50.7 Å². The predicted octanol–water partition coefficient (Wildman–Crippen LogP) is 4.61. The molecular formula is C15H19F4N. The molecule has 0 aromatic heterocycles. The molecule has 0 aliphatic carbocycles. The molecule has 1 aromatic rings. The van der Waals surface area contributed by atoms with Gasteiger partial charge in [0.15, 0.2) is 0 Å². The first-order valence-electron chi connectivity index (χ1n) is 7.01. The van der Waals surface area contributed by atoms with Gasteiger partial charge in [0.2, 0.25) is 0 Å². The van der Waals surface area contributed by atoms with E-state index in [9.17, 15) is 17.6 Å². The van der Waals surface area contributed by atoms with Crippen LogP contribution in [0.3, 0.4) is 0 Å². The number of benzene rings is 1. The summed E-state index contributed by atoms with van der Waals surface area (Å²) in [5.41, 5.74) is -0.977. The summed E-state index contributed by atoms with van der Waals surface area (Å²) >= 11 is 0. The molecule has 0 bridgehead atoms. The summed E-state index contributed by atoms with van der Waals surface area (Å²) in [5.74, 6) is -1.19. The Bertz CT molecular complexity index is 459. The largest absolute Gasteiger partial charge is 0.419 e. The number of hydrogen-bond donors (Lipinski definition) is 1. The molecular weight excluding hydrogens is 270 g/mol. The van der Waals surface area contributed by atoms with Crippen molar-refractivity contribution in [1.82, 2.24) is 5.32 Å². The standard InChI is InChI=1S/C15H19F4N/c1-2-14(8-4-3-5-9-20-14)11-6-7-12(13(16)10-11)15(17,18)19/h6-7,10,20H,2-5,8-9H2,1H3. The second-order valence-corrected chi connectivity index (χ2v) is 5.37. The molecule has 1 nitrogen and oxygen atoms in total. The van der Waals surface area contributed by atoms with E-state index in [4.69, 9.17) is 0 Å². The van der Waals surface area contributed by atoms with Crippen LogP contribution in [0.5, 0.6) is 0 Å². The van der Waals surface area contributed by atoms with Gasteiger partial charge in [-0.05, 0) is 43.5 Å². The van der Waals surface area contributed by atoms with Gasteiger partial charge in [-0.2, -0.15) is 13.2 Å². The van der Waals surface area contributed by atoms with Crippen molar-refractivity contribution in [2.75, 3.05) is 6.54 Å². The lowest BCUT2D eigenvalue weighted by atomic mass is 9.83. The highest BCUT2D eigenvalue weighted by Gasteiger charge is 2.36. The Morgan fingerprint density at radius 2 is 1.95 bits per heavy atom. The van der Waals surface area contributed by atoms with Crippen molar-refractivity contribution >= 4 is 0 Å². The Morgan fingerprint density at radius 1 is 1.20 bits per heavy atom. The lowest BCUT2D eigenvalue weighted by molar-refractivity contribution is -0.140. The maximum absolute atomic E-state index is 13.8. The highest BCUT2D eigenvalue weighted by Crippen LogP contribution is 2.37. The van der Waals surface area contributed by atoms with E-state index >= 15 is 0 Å². The van der Waals surface area contributed by atoms with Crippen LogP contribution >= 0.6 is 0 Å². The van der Waals surface area contributed by atoms with Crippen molar-refractivity contribution in [1.29, 1.82) is 0 Å². The molecule has 20 heavy (non-hydrogen) atoms. The van der Waals surface area contributed by atoms with Crippen LogP contribution in [-0.4, -0.2) is 6.54 Å². The molecule has 1 aliphatic rings. The number of rotatable bonds is 2. The maximum Gasteiger partial charge on any atom is 0.419 e. The summed E-state index contributed by atoms with van der Waals surface area (Å²) in [7, 11) is 0. The Hall–Kier alpha value is -1.10. The first-order valence-corrected chi connectivity index (χ1v) is 7.01. The molecule has 0 saturated carbocycles. The number of nitrogens with one attached hydrogen (secondary N) is 1. The van der Waals surface area contributed by atoms with Crippen molar-refractivity contribution < 1.29 is 17.6 Å². The smallest absolute Gasteiger partial charge is 0.307 e. The van der Waals surface area contributed by atoms with E-state index in [1.807, 2.05) is 6.92 Å². The highest BCUT2D eigenvalue weighted by atomic mass is 19.4. The zero-order chi connectivity index (χ0) is 14.8. The van der Waals surface area contributed by atoms with Crippen LogP contribution in [0.2, 0.25) is 0 Å². The molecule has 5 heteroatoms. The minimum Gasteiger partial charge on any atom is -0.307 e. The van der Waals surface area contributed by atoms with Crippen LogP contribution < -0.4 is 5.32 Å². The minimum absolute atomic E-state index is 0.401. The molecule has 1 aromatic carbocycles. The predicted molar refractivity (Wildman–Crippen MR) is 69.8 cm³/mol. The van der Waals surface area contributed by atoms with Gasteiger partial charge in [-0.1, -0.05) is 25.8 Å². The van der Waals surface area contributed by atoms with Crippen molar-refractivity contribution in [2.24, 2.45) is 0 Å². The summed E-state index contributed by atoms with van der Waals surface area (Å²) in [6.45, 7) is 2.80. The molecule has 0 amide bonds. The molecule has 0 radical (unpaired) electrons. The Labute approximate surface area is 116 Å². The third kappa shape index (κ3) is 2.97. The topological polar surface area (TPSA) is 12.0 Å². The van der Waals surface area contributed by atoms with Gasteiger partial charge in [0, 0.05) is 5.54 Å². The molecule has 1 saturated heterocycles. The van der Waals surface area contributed by atoms with E-state index in [0.717, 1.165) is 50.8 Å². The lowest BCUT2D eigenvalue weighted by Gasteiger charge is -2.33. The van der Waals surface area contributed by atoms with Crippen LogP contribution in [0.15, 0.2) is 18.2 Å². The second kappa shape index (κ2) is 5.72. The zero-order valence-corrected chi connectivity index (χ0v) is 11.5. The van der Waals surface area contributed by atoms with Gasteiger partial charge in [0.05, 0.1) is 5.56 Å². The van der Waals surface area contributed by atoms with Crippen LogP contribution in [0, 0.1) is 5.82 Å². The average molecular weight is 289 g/mol. The SMILES string of the molecule is CCC1(c2ccc(C(F)(F)F)c(F)c2)CCCCCN1. The van der Waals surface area contributed by atoms with E-state index < -0.39 is 23.1 Å². The van der Waals surface area contributed by atoms with Gasteiger partial charge < -0.3 is 5.32 Å². The third-order valence-electron chi connectivity index (χ3n) is 4.17. The van der Waals surface area contributed by atoms with Crippen molar-refractivity contribution in [3.8, 4) is 0 Å². The van der Waals surface area contributed by atoms with Gasteiger partial charge >= 0.3 is 6.18 Å². The van der Waals surface area contributed by atoms with E-state index in [1.165, 1.54) is 6.07 Å². The fourth-order valence-corrected chi connectivity index (χ4v) is 2.94. The molecule has 1 heterocycles. The van der Waals surface area contributed by atoms with Crippen molar-refractivity contribution in [3.05, 3.63) is 35.1 Å². The summed E-state index contributed by atoms with van der Waals surface area (Å²) < 4.78 is 51.6. The maximum atomic E-state index is 13.8. The lowest BCUT2D eigenvalue weighted by Crippen LogP contribution is -2.41. The van der Waals surface area contributed by atoms with E-state index in [0.29, 0.717) is 5.56 Å². The molecule has 1 unspecified atom stereocenters. The molecule has 1 N–H and O–H groups in total. The van der Waals surface area contributed by atoms with Gasteiger partial charge in [0.25, 0.3) is 0 Å². The van der Waals surface area contributed by atoms with Crippen LogP contribution in [-0.2, 0) is 11.7 Å². The number of alkyl halides is 3.